The van der Waals surface area contributed by atoms with E-state index >= 15 is 0 Å². The lowest BCUT2D eigenvalue weighted by atomic mass is 10.1. The maximum absolute atomic E-state index is 14.3. The first-order valence-corrected chi connectivity index (χ1v) is 12.6. The zero-order chi connectivity index (χ0) is 24.3. The van der Waals surface area contributed by atoms with Crippen LogP contribution < -0.4 is 14.2 Å². The first-order chi connectivity index (χ1) is 16.2. The van der Waals surface area contributed by atoms with Crippen LogP contribution in [0.5, 0.6) is 11.8 Å². The zero-order valence-electron chi connectivity index (χ0n) is 18.7. The molecule has 4 rings (SSSR count). The van der Waals surface area contributed by atoms with E-state index in [0.717, 1.165) is 11.8 Å². The molecule has 0 unspecified atom stereocenters. The molecule has 0 atom stereocenters. The Morgan fingerprint density at radius 1 is 1.15 bits per heavy atom. The number of nitrogens with one attached hydrogen (secondary N) is 1. The molecule has 0 aliphatic heterocycles. The van der Waals surface area contributed by atoms with Gasteiger partial charge in [-0.3, -0.25) is 4.79 Å². The Kier molecular flexibility index (Phi) is 6.78. The Morgan fingerprint density at radius 2 is 1.88 bits per heavy atom. The Morgan fingerprint density at radius 3 is 2.53 bits per heavy atom. The molecule has 178 valence electrons. The van der Waals surface area contributed by atoms with Crippen molar-refractivity contribution in [3.05, 3.63) is 71.3 Å². The molecule has 3 aromatic rings. The van der Waals surface area contributed by atoms with Crippen molar-refractivity contribution in [2.45, 2.75) is 26.4 Å². The lowest BCUT2D eigenvalue weighted by molar-refractivity contribution is 0.0981. The van der Waals surface area contributed by atoms with Gasteiger partial charge >= 0.3 is 6.01 Å². The number of aromatic nitrogens is 2. The van der Waals surface area contributed by atoms with Crippen LogP contribution >= 0.6 is 0 Å². The molecular formula is C24H24FN3O5S. The third kappa shape index (κ3) is 6.50. The highest BCUT2D eigenvalue weighted by Crippen LogP contribution is 2.30. The third-order valence-electron chi connectivity index (χ3n) is 5.18. The lowest BCUT2D eigenvalue weighted by Gasteiger charge is -2.11. The minimum Gasteiger partial charge on any atom is -0.489 e. The van der Waals surface area contributed by atoms with E-state index in [0.29, 0.717) is 41.1 Å². The van der Waals surface area contributed by atoms with Gasteiger partial charge in [0.25, 0.3) is 5.91 Å². The average Bonchev–Trinajstić information content (AvgIpc) is 3.60. The van der Waals surface area contributed by atoms with Crippen molar-refractivity contribution >= 4 is 15.9 Å². The van der Waals surface area contributed by atoms with E-state index in [4.69, 9.17) is 9.47 Å². The Bertz CT molecular complexity index is 1310. The van der Waals surface area contributed by atoms with E-state index in [2.05, 4.69) is 9.97 Å². The van der Waals surface area contributed by atoms with Gasteiger partial charge < -0.3 is 9.47 Å². The van der Waals surface area contributed by atoms with E-state index in [1.807, 2.05) is 11.6 Å². The van der Waals surface area contributed by atoms with Crippen molar-refractivity contribution in [1.29, 1.82) is 0 Å². The Balaban J connectivity index is 1.43. The summed E-state index contributed by atoms with van der Waals surface area (Å²) in [6.45, 7) is 2.55. The highest BCUT2D eigenvalue weighted by atomic mass is 32.2. The fourth-order valence-electron chi connectivity index (χ4n) is 3.22. The van der Waals surface area contributed by atoms with Crippen LogP contribution in [0.3, 0.4) is 0 Å². The Hall–Kier alpha value is -3.53. The number of hydrogen-bond acceptors (Lipinski definition) is 7. The van der Waals surface area contributed by atoms with Crippen molar-refractivity contribution in [2.75, 3.05) is 12.9 Å². The number of nitrogens with zero attached hydrogens (tertiary/aromatic N) is 2. The standard InChI is InChI=1S/C24H24FN3O5S/c1-15-22(12-26-24(27-15)33-14-16-3-4-16)19-9-20(25)11-21(10-19)32-13-17-5-7-18(8-6-17)23(29)28-34(2,30)31/h5-12,16H,3-4,13-14H2,1-2H3,(H,28,29). The van der Waals surface area contributed by atoms with Gasteiger partial charge in [0, 0.05) is 23.4 Å². The summed E-state index contributed by atoms with van der Waals surface area (Å²) in [7, 11) is -3.64. The van der Waals surface area contributed by atoms with Crippen LogP contribution in [0.4, 0.5) is 4.39 Å². The van der Waals surface area contributed by atoms with Gasteiger partial charge in [0.05, 0.1) is 18.6 Å². The van der Waals surface area contributed by atoms with Gasteiger partial charge in [-0.2, -0.15) is 4.98 Å². The number of benzene rings is 2. The number of carbonyl (C=O) groups excluding carboxylic acids is 1. The summed E-state index contributed by atoms with van der Waals surface area (Å²) < 4.78 is 50.0. The number of amides is 1. The van der Waals surface area contributed by atoms with Crippen LogP contribution in [0.15, 0.2) is 48.7 Å². The van der Waals surface area contributed by atoms with Crippen molar-refractivity contribution in [2.24, 2.45) is 5.92 Å². The summed E-state index contributed by atoms with van der Waals surface area (Å²) in [5.41, 5.74) is 2.83. The number of hydrogen-bond donors (Lipinski definition) is 1. The molecule has 10 heteroatoms. The van der Waals surface area contributed by atoms with Gasteiger partial charge in [0.2, 0.25) is 10.0 Å². The second kappa shape index (κ2) is 9.76. The first-order valence-electron chi connectivity index (χ1n) is 10.7. The van der Waals surface area contributed by atoms with Crippen LogP contribution in [0.1, 0.15) is 34.5 Å². The molecule has 0 bridgehead atoms. The molecule has 1 heterocycles. The molecule has 0 spiro atoms. The minimum atomic E-state index is -3.64. The number of ether oxygens (including phenoxy) is 2. The zero-order valence-corrected chi connectivity index (χ0v) is 19.6. The van der Waals surface area contributed by atoms with Gasteiger partial charge in [0.1, 0.15) is 18.2 Å². The van der Waals surface area contributed by atoms with Crippen LogP contribution in [0, 0.1) is 18.7 Å². The van der Waals surface area contributed by atoms with Gasteiger partial charge in [0.15, 0.2) is 0 Å². The molecule has 8 nitrogen and oxygen atoms in total. The van der Waals surface area contributed by atoms with Crippen molar-refractivity contribution in [3.63, 3.8) is 0 Å². The van der Waals surface area contributed by atoms with Crippen molar-refractivity contribution in [3.8, 4) is 22.9 Å². The van der Waals surface area contributed by atoms with E-state index in [1.54, 1.807) is 24.4 Å². The quantitative estimate of drug-likeness (QED) is 0.493. The summed E-state index contributed by atoms with van der Waals surface area (Å²) in [5, 5.41) is 0. The summed E-state index contributed by atoms with van der Waals surface area (Å²) in [6.07, 6.45) is 4.87. The largest absolute Gasteiger partial charge is 0.489 e. The summed E-state index contributed by atoms with van der Waals surface area (Å²) in [5.74, 6) is -0.269. The highest BCUT2D eigenvalue weighted by molar-refractivity contribution is 7.89. The average molecular weight is 486 g/mol. The number of aryl methyl sites for hydroxylation is 1. The number of carbonyl (C=O) groups is 1. The van der Waals surface area contributed by atoms with Gasteiger partial charge in [-0.05, 0) is 61.1 Å². The summed E-state index contributed by atoms with van der Waals surface area (Å²) >= 11 is 0. The van der Waals surface area contributed by atoms with Crippen molar-refractivity contribution < 1.29 is 27.1 Å². The molecule has 0 radical (unpaired) electrons. The van der Waals surface area contributed by atoms with E-state index in [9.17, 15) is 17.6 Å². The highest BCUT2D eigenvalue weighted by Gasteiger charge is 2.22. The molecule has 0 saturated heterocycles. The normalized spacial score (nSPS) is 13.4. The van der Waals surface area contributed by atoms with Crippen molar-refractivity contribution in [1.82, 2.24) is 14.7 Å². The molecule has 2 aromatic carbocycles. The molecule has 1 aliphatic rings. The molecule has 1 saturated carbocycles. The lowest BCUT2D eigenvalue weighted by Crippen LogP contribution is -2.29. The second-order valence-electron chi connectivity index (χ2n) is 8.27. The molecule has 1 aliphatic carbocycles. The fraction of sp³-hybridized carbons (Fsp3) is 0.292. The van der Waals surface area contributed by atoms with Gasteiger partial charge in [-0.1, -0.05) is 12.1 Å². The van der Waals surface area contributed by atoms with Gasteiger partial charge in [-0.25, -0.2) is 22.5 Å². The van der Waals surface area contributed by atoms with E-state index in [1.165, 1.54) is 37.1 Å². The summed E-state index contributed by atoms with van der Waals surface area (Å²) in [6, 6.07) is 10.9. The van der Waals surface area contributed by atoms with E-state index in [-0.39, 0.29) is 12.2 Å². The van der Waals surface area contributed by atoms with Crippen LogP contribution in [0.25, 0.3) is 11.1 Å². The smallest absolute Gasteiger partial charge is 0.316 e. The molecular weight excluding hydrogens is 461 g/mol. The fourth-order valence-corrected chi connectivity index (χ4v) is 3.68. The van der Waals surface area contributed by atoms with Crippen LogP contribution in [0.2, 0.25) is 0 Å². The predicted octanol–water partition coefficient (Wildman–Crippen LogP) is 3.65. The number of sulfonamides is 1. The maximum atomic E-state index is 14.3. The van der Waals surface area contributed by atoms with E-state index < -0.39 is 21.7 Å². The summed E-state index contributed by atoms with van der Waals surface area (Å²) in [4.78, 5) is 20.5. The topological polar surface area (TPSA) is 107 Å². The van der Waals surface area contributed by atoms with Gasteiger partial charge in [-0.15, -0.1) is 0 Å². The maximum Gasteiger partial charge on any atom is 0.316 e. The monoisotopic (exact) mass is 485 g/mol. The van der Waals surface area contributed by atoms with Crippen LogP contribution in [-0.2, 0) is 16.6 Å². The molecule has 1 N–H and O–H groups in total. The molecule has 1 aromatic heterocycles. The Labute approximate surface area is 197 Å². The second-order valence-corrected chi connectivity index (χ2v) is 10.0. The third-order valence-corrected chi connectivity index (χ3v) is 5.74. The van der Waals surface area contributed by atoms with Crippen LogP contribution in [-0.4, -0.2) is 37.2 Å². The molecule has 34 heavy (non-hydrogen) atoms. The predicted molar refractivity (Wildman–Crippen MR) is 123 cm³/mol. The minimum absolute atomic E-state index is 0.125. The number of rotatable bonds is 9. The SMILES string of the molecule is Cc1nc(OCC2CC2)ncc1-c1cc(F)cc(OCc2ccc(C(=O)NS(C)(=O)=O)cc2)c1. The molecule has 1 fully saturated rings. The number of halogens is 1. The first kappa shape index (κ1) is 23.6. The molecule has 1 amide bonds.